The number of aromatic nitrogens is 1. The van der Waals surface area contributed by atoms with Crippen LogP contribution in [-0.2, 0) is 32.5 Å². The van der Waals surface area contributed by atoms with Crippen LogP contribution < -0.4 is 4.72 Å². The van der Waals surface area contributed by atoms with Gasteiger partial charge >= 0.3 is 6.18 Å². The van der Waals surface area contributed by atoms with Crippen LogP contribution in [0.5, 0.6) is 0 Å². The summed E-state index contributed by atoms with van der Waals surface area (Å²) in [6.45, 7) is 0. The molecule has 0 spiro atoms. The Labute approximate surface area is 196 Å². The molecule has 0 saturated carbocycles. The van der Waals surface area contributed by atoms with E-state index in [1.807, 2.05) is 0 Å². The van der Waals surface area contributed by atoms with Crippen molar-refractivity contribution < 1.29 is 30.0 Å². The lowest BCUT2D eigenvalue weighted by molar-refractivity contribution is -0.137. The smallest absolute Gasteiger partial charge is 0.255 e. The van der Waals surface area contributed by atoms with Gasteiger partial charge in [-0.15, -0.1) is 0 Å². The number of aryl methyl sites for hydroxylation is 1. The van der Waals surface area contributed by atoms with Gasteiger partial charge in [-0.3, -0.25) is 4.72 Å². The number of rotatable bonds is 7. The predicted molar refractivity (Wildman–Crippen MR) is 117 cm³/mol. The molecular formula is C18H13Cl2F3N2O4S3. The molecular weight excluding hydrogens is 532 g/mol. The van der Waals surface area contributed by atoms with E-state index in [0.717, 1.165) is 53.8 Å². The maximum absolute atomic E-state index is 12.8. The quantitative estimate of drug-likeness (QED) is 0.436. The van der Waals surface area contributed by atoms with Crippen LogP contribution in [0.25, 0.3) is 0 Å². The Bertz CT molecular complexity index is 1340. The fourth-order valence-corrected chi connectivity index (χ4v) is 6.27. The lowest BCUT2D eigenvalue weighted by Crippen LogP contribution is -2.14. The molecule has 1 heterocycles. The average Bonchev–Trinajstić information content (AvgIpc) is 3.09. The molecule has 6 nitrogen and oxygen atoms in total. The summed E-state index contributed by atoms with van der Waals surface area (Å²) >= 11 is 12.3. The minimum atomic E-state index is -4.61. The van der Waals surface area contributed by atoms with Crippen molar-refractivity contribution in [2.75, 3.05) is 10.5 Å². The van der Waals surface area contributed by atoms with Crippen LogP contribution in [0.2, 0.25) is 9.36 Å². The van der Waals surface area contributed by atoms with Crippen molar-refractivity contribution in [2.45, 2.75) is 22.4 Å². The fraction of sp³-hybridized carbons (Fsp3) is 0.167. The molecule has 0 fully saturated rings. The van der Waals surface area contributed by atoms with Gasteiger partial charge < -0.3 is 0 Å². The van der Waals surface area contributed by atoms with Crippen molar-refractivity contribution in [3.8, 4) is 0 Å². The Kier molecular flexibility index (Phi) is 7.11. The van der Waals surface area contributed by atoms with Gasteiger partial charge in [0, 0.05) is 0 Å². The third-order valence-electron chi connectivity index (χ3n) is 4.19. The summed E-state index contributed by atoms with van der Waals surface area (Å²) in [7, 11) is -7.84. The third-order valence-corrected chi connectivity index (χ3v) is 8.75. The molecule has 32 heavy (non-hydrogen) atoms. The molecule has 3 aromatic rings. The second-order valence-corrected chi connectivity index (χ2v) is 12.3. The molecule has 3 rings (SSSR count). The number of hydrogen-bond donors (Lipinski definition) is 1. The zero-order valence-corrected chi connectivity index (χ0v) is 19.7. The molecule has 1 N–H and O–H groups in total. The molecule has 0 amide bonds. The standard InChI is InChI=1S/C18H13Cl2F3N2O4S3/c19-15-9-11(1-6-14(15)18(21,22)23)7-8-31(26,27)12-2-4-13(5-3-12)32(28,29)25-17-24-10-16(20)30-17/h1-6,9-10H,7-8H2,(H,24,25). The molecule has 0 radical (unpaired) electrons. The number of halogens is 5. The topological polar surface area (TPSA) is 93.2 Å². The third kappa shape index (κ3) is 5.93. The average molecular weight is 545 g/mol. The van der Waals surface area contributed by atoms with E-state index < -0.39 is 42.4 Å². The highest BCUT2D eigenvalue weighted by molar-refractivity contribution is 7.93. The molecule has 172 valence electrons. The van der Waals surface area contributed by atoms with Gasteiger partial charge in [0.15, 0.2) is 15.0 Å². The van der Waals surface area contributed by atoms with Gasteiger partial charge in [-0.05, 0) is 48.4 Å². The Balaban J connectivity index is 1.72. The van der Waals surface area contributed by atoms with Crippen molar-refractivity contribution in [1.82, 2.24) is 4.98 Å². The number of anilines is 1. The maximum atomic E-state index is 12.8. The van der Waals surface area contributed by atoms with Crippen LogP contribution in [-0.4, -0.2) is 27.6 Å². The van der Waals surface area contributed by atoms with Crippen LogP contribution in [0.4, 0.5) is 18.3 Å². The minimum Gasteiger partial charge on any atom is -0.255 e. The van der Waals surface area contributed by atoms with E-state index >= 15 is 0 Å². The van der Waals surface area contributed by atoms with Crippen LogP contribution in [0.15, 0.2) is 58.5 Å². The second-order valence-electron chi connectivity index (χ2n) is 6.43. The highest BCUT2D eigenvalue weighted by Gasteiger charge is 2.33. The summed E-state index contributed by atoms with van der Waals surface area (Å²) < 4.78 is 90.8. The van der Waals surface area contributed by atoms with E-state index in [2.05, 4.69) is 9.71 Å². The van der Waals surface area contributed by atoms with E-state index in [1.54, 1.807) is 0 Å². The summed E-state index contributed by atoms with van der Waals surface area (Å²) in [6.07, 6.45) is -3.40. The van der Waals surface area contributed by atoms with Crippen molar-refractivity contribution in [1.29, 1.82) is 0 Å². The van der Waals surface area contributed by atoms with Gasteiger partial charge in [-0.25, -0.2) is 21.8 Å². The van der Waals surface area contributed by atoms with Crippen LogP contribution in [0.1, 0.15) is 11.1 Å². The molecule has 0 atom stereocenters. The molecule has 0 unspecified atom stereocenters. The van der Waals surface area contributed by atoms with Crippen molar-refractivity contribution in [3.63, 3.8) is 0 Å². The molecule has 2 aromatic carbocycles. The van der Waals surface area contributed by atoms with E-state index in [1.165, 1.54) is 6.20 Å². The number of nitrogens with one attached hydrogen (secondary N) is 1. The van der Waals surface area contributed by atoms with E-state index in [-0.39, 0.29) is 21.3 Å². The molecule has 0 aliphatic carbocycles. The Morgan fingerprint density at radius 3 is 2.12 bits per heavy atom. The summed E-state index contributed by atoms with van der Waals surface area (Å²) in [5.41, 5.74) is -0.687. The zero-order chi connectivity index (χ0) is 23.7. The van der Waals surface area contributed by atoms with Crippen LogP contribution in [0, 0.1) is 0 Å². The number of hydrogen-bond acceptors (Lipinski definition) is 6. The highest BCUT2D eigenvalue weighted by Crippen LogP contribution is 2.35. The number of sulfone groups is 1. The molecule has 0 bridgehead atoms. The first-order valence-corrected chi connectivity index (χ1v) is 13.3. The number of benzene rings is 2. The number of thiazole rings is 1. The first kappa shape index (κ1) is 24.8. The van der Waals surface area contributed by atoms with E-state index in [9.17, 15) is 30.0 Å². The number of sulfonamides is 1. The van der Waals surface area contributed by atoms with Gasteiger partial charge in [0.1, 0.15) is 4.34 Å². The van der Waals surface area contributed by atoms with E-state index in [0.29, 0.717) is 9.90 Å². The highest BCUT2D eigenvalue weighted by atomic mass is 35.5. The molecule has 0 saturated heterocycles. The van der Waals surface area contributed by atoms with Crippen molar-refractivity contribution in [2.24, 2.45) is 0 Å². The van der Waals surface area contributed by atoms with Crippen LogP contribution in [0.3, 0.4) is 0 Å². The SMILES string of the molecule is O=S(=O)(CCc1ccc(C(F)(F)F)c(Cl)c1)c1ccc(S(=O)(=O)Nc2ncc(Cl)s2)cc1. The van der Waals surface area contributed by atoms with Gasteiger partial charge in [-0.1, -0.05) is 40.6 Å². The Morgan fingerprint density at radius 1 is 0.969 bits per heavy atom. The molecule has 0 aliphatic rings. The Morgan fingerprint density at radius 2 is 1.59 bits per heavy atom. The maximum Gasteiger partial charge on any atom is 0.417 e. The fourth-order valence-electron chi connectivity index (χ4n) is 2.62. The van der Waals surface area contributed by atoms with Gasteiger partial charge in [0.25, 0.3) is 10.0 Å². The van der Waals surface area contributed by atoms with E-state index in [4.69, 9.17) is 23.2 Å². The van der Waals surface area contributed by atoms with Gasteiger partial charge in [0.2, 0.25) is 0 Å². The monoisotopic (exact) mass is 544 g/mol. The summed E-state index contributed by atoms with van der Waals surface area (Å²) in [4.78, 5) is 3.47. The van der Waals surface area contributed by atoms with Crippen LogP contribution >= 0.6 is 34.5 Å². The first-order chi connectivity index (χ1) is 14.8. The number of alkyl halides is 3. The first-order valence-electron chi connectivity index (χ1n) is 8.60. The molecule has 0 aliphatic heterocycles. The summed E-state index contributed by atoms with van der Waals surface area (Å²) in [5, 5.41) is -0.460. The molecule has 1 aromatic heterocycles. The lowest BCUT2D eigenvalue weighted by Gasteiger charge is -2.11. The molecule has 14 heteroatoms. The second kappa shape index (κ2) is 9.18. The minimum absolute atomic E-state index is 0.0573. The summed E-state index contributed by atoms with van der Waals surface area (Å²) in [5.74, 6) is -0.406. The van der Waals surface area contributed by atoms with Crippen molar-refractivity contribution in [3.05, 3.63) is 69.1 Å². The number of nitrogens with zero attached hydrogens (tertiary/aromatic N) is 1. The normalized spacial score (nSPS) is 12.7. The van der Waals surface area contributed by atoms with Gasteiger partial charge in [-0.2, -0.15) is 13.2 Å². The largest absolute Gasteiger partial charge is 0.417 e. The summed E-state index contributed by atoms with van der Waals surface area (Å²) in [6, 6.07) is 7.56. The zero-order valence-electron chi connectivity index (χ0n) is 15.7. The Hall–Kier alpha value is -1.86. The van der Waals surface area contributed by atoms with Gasteiger partial charge in [0.05, 0.1) is 32.3 Å². The van der Waals surface area contributed by atoms with Crippen molar-refractivity contribution >= 4 is 59.5 Å². The predicted octanol–water partition coefficient (Wildman–Crippen LogP) is 5.29. The lowest BCUT2D eigenvalue weighted by atomic mass is 10.1.